The van der Waals surface area contributed by atoms with Gasteiger partial charge in [0.05, 0.1) is 13.7 Å². The van der Waals surface area contributed by atoms with Crippen molar-refractivity contribution in [3.05, 3.63) is 29.3 Å². The van der Waals surface area contributed by atoms with Gasteiger partial charge in [-0.2, -0.15) is 0 Å². The number of benzene rings is 1. The third-order valence-electron chi connectivity index (χ3n) is 1.80. The molecule has 0 amide bonds. The van der Waals surface area contributed by atoms with Crippen molar-refractivity contribution in [2.24, 2.45) is 5.90 Å². The van der Waals surface area contributed by atoms with Crippen LogP contribution in [-0.2, 0) is 11.4 Å². The maximum absolute atomic E-state index is 12.3. The normalized spacial score (nSPS) is 10.6. The standard InChI is InChI=1S/C9H11F2NO2/c1-13-8-4-6(9(10)11)2-3-7(8)5-14-12/h2-4,9H,5,12H2,1H3. The Morgan fingerprint density at radius 3 is 2.64 bits per heavy atom. The average Bonchev–Trinajstić information content (AvgIpc) is 2.18. The number of nitrogens with two attached hydrogens (primary N) is 1. The highest BCUT2D eigenvalue weighted by molar-refractivity contribution is 5.37. The Morgan fingerprint density at radius 1 is 1.43 bits per heavy atom. The van der Waals surface area contributed by atoms with E-state index in [1.165, 1.54) is 25.3 Å². The molecule has 0 fully saturated rings. The Kier molecular flexibility index (Phi) is 3.79. The summed E-state index contributed by atoms with van der Waals surface area (Å²) in [7, 11) is 1.41. The van der Waals surface area contributed by atoms with Crippen LogP contribution in [0.1, 0.15) is 17.6 Å². The number of methoxy groups -OCH3 is 1. The van der Waals surface area contributed by atoms with Gasteiger partial charge >= 0.3 is 0 Å². The van der Waals surface area contributed by atoms with Crippen LogP contribution in [0.25, 0.3) is 0 Å². The fourth-order valence-electron chi connectivity index (χ4n) is 1.11. The number of ether oxygens (including phenoxy) is 1. The molecule has 0 saturated heterocycles. The van der Waals surface area contributed by atoms with Crippen molar-refractivity contribution in [3.8, 4) is 5.75 Å². The van der Waals surface area contributed by atoms with E-state index in [2.05, 4.69) is 4.84 Å². The molecule has 5 heteroatoms. The fourth-order valence-corrected chi connectivity index (χ4v) is 1.11. The van der Waals surface area contributed by atoms with Crippen LogP contribution in [0, 0.1) is 0 Å². The molecule has 2 N–H and O–H groups in total. The monoisotopic (exact) mass is 203 g/mol. The highest BCUT2D eigenvalue weighted by atomic mass is 19.3. The molecule has 0 radical (unpaired) electrons. The molecule has 0 unspecified atom stereocenters. The summed E-state index contributed by atoms with van der Waals surface area (Å²) in [6.45, 7) is 0.132. The molecule has 3 nitrogen and oxygen atoms in total. The fraction of sp³-hybridized carbons (Fsp3) is 0.333. The molecule has 78 valence electrons. The number of hydrogen-bond acceptors (Lipinski definition) is 3. The zero-order chi connectivity index (χ0) is 10.6. The van der Waals surface area contributed by atoms with Crippen LogP contribution in [0.4, 0.5) is 8.78 Å². The van der Waals surface area contributed by atoms with Crippen molar-refractivity contribution in [2.45, 2.75) is 13.0 Å². The second-order valence-corrected chi connectivity index (χ2v) is 2.68. The molecular formula is C9H11F2NO2. The van der Waals surface area contributed by atoms with E-state index in [0.717, 1.165) is 0 Å². The number of rotatable bonds is 4. The minimum atomic E-state index is -2.50. The summed E-state index contributed by atoms with van der Waals surface area (Å²) in [5.74, 6) is 5.23. The van der Waals surface area contributed by atoms with Crippen molar-refractivity contribution >= 4 is 0 Å². The molecule has 0 heterocycles. The van der Waals surface area contributed by atoms with Gasteiger partial charge in [0.15, 0.2) is 0 Å². The minimum Gasteiger partial charge on any atom is -0.496 e. The molecule has 1 aromatic rings. The van der Waals surface area contributed by atoms with Gasteiger partial charge in [0.25, 0.3) is 6.43 Å². The van der Waals surface area contributed by atoms with Gasteiger partial charge < -0.3 is 4.74 Å². The van der Waals surface area contributed by atoms with E-state index in [1.54, 1.807) is 0 Å². The second kappa shape index (κ2) is 4.88. The Hall–Kier alpha value is -1.20. The Labute approximate surface area is 80.4 Å². The average molecular weight is 203 g/mol. The van der Waals surface area contributed by atoms with E-state index < -0.39 is 6.43 Å². The van der Waals surface area contributed by atoms with Crippen LogP contribution in [0.2, 0.25) is 0 Å². The van der Waals surface area contributed by atoms with Crippen LogP contribution in [0.5, 0.6) is 5.75 Å². The smallest absolute Gasteiger partial charge is 0.263 e. The SMILES string of the molecule is COc1cc(C(F)F)ccc1CON. The number of hydrogen-bond donors (Lipinski definition) is 1. The molecule has 0 saturated carbocycles. The molecule has 0 aromatic heterocycles. The lowest BCUT2D eigenvalue weighted by Gasteiger charge is -2.09. The first-order valence-corrected chi connectivity index (χ1v) is 3.95. The Morgan fingerprint density at radius 2 is 2.14 bits per heavy atom. The van der Waals surface area contributed by atoms with E-state index in [9.17, 15) is 8.78 Å². The molecular weight excluding hydrogens is 192 g/mol. The summed E-state index contributed by atoms with van der Waals surface area (Å²) >= 11 is 0. The quantitative estimate of drug-likeness (QED) is 0.761. The zero-order valence-corrected chi connectivity index (χ0v) is 7.67. The highest BCUT2D eigenvalue weighted by Crippen LogP contribution is 2.26. The molecule has 1 rings (SSSR count). The predicted molar refractivity (Wildman–Crippen MR) is 46.9 cm³/mol. The molecule has 14 heavy (non-hydrogen) atoms. The maximum Gasteiger partial charge on any atom is 0.263 e. The first-order chi connectivity index (χ1) is 6.69. The molecule has 0 aliphatic rings. The number of halogens is 2. The van der Waals surface area contributed by atoms with Crippen molar-refractivity contribution in [3.63, 3.8) is 0 Å². The van der Waals surface area contributed by atoms with Crippen molar-refractivity contribution in [2.75, 3.05) is 7.11 Å². The molecule has 0 spiro atoms. The third kappa shape index (κ3) is 2.40. The largest absolute Gasteiger partial charge is 0.496 e. The first kappa shape index (κ1) is 10.9. The van der Waals surface area contributed by atoms with Gasteiger partial charge in [-0.15, -0.1) is 0 Å². The molecule has 0 aliphatic carbocycles. The zero-order valence-electron chi connectivity index (χ0n) is 7.67. The van der Waals surface area contributed by atoms with Gasteiger partial charge in [0, 0.05) is 11.1 Å². The lowest BCUT2D eigenvalue weighted by atomic mass is 10.1. The second-order valence-electron chi connectivity index (χ2n) is 2.68. The van der Waals surface area contributed by atoms with E-state index in [1.807, 2.05) is 0 Å². The van der Waals surface area contributed by atoms with Crippen LogP contribution in [-0.4, -0.2) is 7.11 Å². The lowest BCUT2D eigenvalue weighted by Crippen LogP contribution is -2.01. The lowest BCUT2D eigenvalue weighted by molar-refractivity contribution is 0.121. The Bertz CT molecular complexity index is 305. The Balaban J connectivity index is 2.98. The molecule has 0 aliphatic heterocycles. The van der Waals surface area contributed by atoms with E-state index in [-0.39, 0.29) is 12.2 Å². The predicted octanol–water partition coefficient (Wildman–Crippen LogP) is 2.02. The summed E-state index contributed by atoms with van der Waals surface area (Å²) < 4.78 is 29.5. The van der Waals surface area contributed by atoms with E-state index in [0.29, 0.717) is 11.3 Å². The van der Waals surface area contributed by atoms with E-state index in [4.69, 9.17) is 10.6 Å². The van der Waals surface area contributed by atoms with Crippen LogP contribution in [0.3, 0.4) is 0 Å². The topological polar surface area (TPSA) is 44.5 Å². The van der Waals surface area contributed by atoms with Gasteiger partial charge in [-0.25, -0.2) is 14.7 Å². The van der Waals surface area contributed by atoms with Gasteiger partial charge in [-0.05, 0) is 6.07 Å². The maximum atomic E-state index is 12.3. The van der Waals surface area contributed by atoms with Crippen LogP contribution < -0.4 is 10.6 Å². The highest BCUT2D eigenvalue weighted by Gasteiger charge is 2.10. The summed E-state index contributed by atoms with van der Waals surface area (Å²) in [5.41, 5.74) is 0.557. The van der Waals surface area contributed by atoms with Gasteiger partial charge in [0.2, 0.25) is 0 Å². The number of alkyl halides is 2. The van der Waals surface area contributed by atoms with Crippen molar-refractivity contribution in [1.82, 2.24) is 0 Å². The van der Waals surface area contributed by atoms with Crippen molar-refractivity contribution in [1.29, 1.82) is 0 Å². The third-order valence-corrected chi connectivity index (χ3v) is 1.80. The minimum absolute atomic E-state index is 0.0809. The summed E-state index contributed by atoms with van der Waals surface area (Å²) in [6, 6.07) is 4.10. The summed E-state index contributed by atoms with van der Waals surface area (Å²) in [5, 5.41) is 0. The molecule has 0 bridgehead atoms. The summed E-state index contributed by atoms with van der Waals surface area (Å²) in [6.07, 6.45) is -2.50. The van der Waals surface area contributed by atoms with E-state index >= 15 is 0 Å². The van der Waals surface area contributed by atoms with Crippen molar-refractivity contribution < 1.29 is 18.4 Å². The van der Waals surface area contributed by atoms with Gasteiger partial charge in [-0.1, -0.05) is 12.1 Å². The van der Waals surface area contributed by atoms with Crippen LogP contribution >= 0.6 is 0 Å². The van der Waals surface area contributed by atoms with Crippen LogP contribution in [0.15, 0.2) is 18.2 Å². The molecule has 0 atom stereocenters. The van der Waals surface area contributed by atoms with Gasteiger partial charge in [0.1, 0.15) is 5.75 Å². The summed E-state index contributed by atoms with van der Waals surface area (Å²) in [4.78, 5) is 4.40. The van der Waals surface area contributed by atoms with Gasteiger partial charge in [-0.3, -0.25) is 4.84 Å². The molecule has 1 aromatic carbocycles. The first-order valence-electron chi connectivity index (χ1n) is 3.95.